The standard InChI is InChI=1S/C16H23ClN2OS/c1-21-12-2-9-18-15-7-10-19(11-8-15)16(20)13-3-5-14(17)6-4-13/h3-6,15,18H,2,7-12H2,1H3. The summed E-state index contributed by atoms with van der Waals surface area (Å²) in [5.74, 6) is 1.33. The zero-order chi connectivity index (χ0) is 15.1. The van der Waals surface area contributed by atoms with Crippen LogP contribution in [0.3, 0.4) is 0 Å². The normalized spacial score (nSPS) is 16.2. The molecule has 1 saturated heterocycles. The van der Waals surface area contributed by atoms with Gasteiger partial charge < -0.3 is 10.2 Å². The number of piperidine rings is 1. The Morgan fingerprint density at radius 3 is 2.62 bits per heavy atom. The molecule has 116 valence electrons. The lowest BCUT2D eigenvalue weighted by Crippen LogP contribution is -2.45. The minimum Gasteiger partial charge on any atom is -0.339 e. The van der Waals surface area contributed by atoms with E-state index in [0.29, 0.717) is 11.1 Å². The molecule has 1 aliphatic rings. The van der Waals surface area contributed by atoms with Gasteiger partial charge >= 0.3 is 0 Å². The van der Waals surface area contributed by atoms with Gasteiger partial charge in [0.25, 0.3) is 5.91 Å². The average Bonchev–Trinajstić information content (AvgIpc) is 2.52. The molecule has 0 bridgehead atoms. The van der Waals surface area contributed by atoms with E-state index in [9.17, 15) is 4.79 Å². The number of nitrogens with one attached hydrogen (secondary N) is 1. The topological polar surface area (TPSA) is 32.3 Å². The van der Waals surface area contributed by atoms with Gasteiger partial charge in [-0.3, -0.25) is 4.79 Å². The molecule has 1 aromatic carbocycles. The molecule has 0 unspecified atom stereocenters. The van der Waals surface area contributed by atoms with Crippen LogP contribution >= 0.6 is 23.4 Å². The molecule has 1 aromatic rings. The maximum Gasteiger partial charge on any atom is 0.253 e. The Bertz CT molecular complexity index is 444. The summed E-state index contributed by atoms with van der Waals surface area (Å²) < 4.78 is 0. The van der Waals surface area contributed by atoms with E-state index >= 15 is 0 Å². The van der Waals surface area contributed by atoms with Crippen LogP contribution in [0.25, 0.3) is 0 Å². The molecule has 0 atom stereocenters. The van der Waals surface area contributed by atoms with E-state index in [-0.39, 0.29) is 5.91 Å². The van der Waals surface area contributed by atoms with Crippen LogP contribution in [0.1, 0.15) is 29.6 Å². The lowest BCUT2D eigenvalue weighted by molar-refractivity contribution is 0.0705. The van der Waals surface area contributed by atoms with Crippen molar-refractivity contribution in [1.29, 1.82) is 0 Å². The van der Waals surface area contributed by atoms with E-state index in [1.54, 1.807) is 24.3 Å². The van der Waals surface area contributed by atoms with Crippen molar-refractivity contribution in [2.75, 3.05) is 31.6 Å². The molecule has 1 fully saturated rings. The zero-order valence-electron chi connectivity index (χ0n) is 12.5. The van der Waals surface area contributed by atoms with Crippen molar-refractivity contribution in [3.8, 4) is 0 Å². The summed E-state index contributed by atoms with van der Waals surface area (Å²) in [7, 11) is 0. The number of carbonyl (C=O) groups excluding carboxylic acids is 1. The Kier molecular flexibility index (Phi) is 6.87. The molecule has 2 rings (SSSR count). The summed E-state index contributed by atoms with van der Waals surface area (Å²) in [5, 5.41) is 4.26. The minimum absolute atomic E-state index is 0.118. The molecular formula is C16H23ClN2OS. The van der Waals surface area contributed by atoms with Gasteiger partial charge in [-0.1, -0.05) is 11.6 Å². The fraction of sp³-hybridized carbons (Fsp3) is 0.562. The number of benzene rings is 1. The minimum atomic E-state index is 0.118. The molecule has 0 radical (unpaired) electrons. The number of hydrogen-bond acceptors (Lipinski definition) is 3. The van der Waals surface area contributed by atoms with E-state index < -0.39 is 0 Å². The first-order chi connectivity index (χ1) is 10.2. The maximum atomic E-state index is 12.4. The zero-order valence-corrected chi connectivity index (χ0v) is 14.1. The molecule has 0 spiro atoms. The van der Waals surface area contributed by atoms with Crippen LogP contribution in [-0.2, 0) is 0 Å². The third-order valence-electron chi connectivity index (χ3n) is 3.83. The summed E-state index contributed by atoms with van der Waals surface area (Å²) in [6.45, 7) is 2.75. The average molecular weight is 327 g/mol. The highest BCUT2D eigenvalue weighted by Gasteiger charge is 2.23. The monoisotopic (exact) mass is 326 g/mol. The summed E-state index contributed by atoms with van der Waals surface area (Å²) >= 11 is 7.75. The van der Waals surface area contributed by atoms with Crippen LogP contribution in [-0.4, -0.2) is 48.5 Å². The number of hydrogen-bond donors (Lipinski definition) is 1. The van der Waals surface area contributed by atoms with Crippen molar-refractivity contribution in [3.63, 3.8) is 0 Å². The predicted octanol–water partition coefficient (Wildman–Crippen LogP) is 3.29. The van der Waals surface area contributed by atoms with Crippen LogP contribution in [0, 0.1) is 0 Å². The summed E-state index contributed by atoms with van der Waals surface area (Å²) in [5.41, 5.74) is 0.728. The highest BCUT2D eigenvalue weighted by molar-refractivity contribution is 7.98. The quantitative estimate of drug-likeness (QED) is 0.814. The summed E-state index contributed by atoms with van der Waals surface area (Å²) in [6, 6.07) is 7.71. The fourth-order valence-electron chi connectivity index (χ4n) is 2.58. The first-order valence-electron chi connectivity index (χ1n) is 7.48. The molecule has 0 saturated carbocycles. The van der Waals surface area contributed by atoms with Crippen LogP contribution in [0.2, 0.25) is 5.02 Å². The molecule has 21 heavy (non-hydrogen) atoms. The van der Waals surface area contributed by atoms with Crippen LogP contribution < -0.4 is 5.32 Å². The third-order valence-corrected chi connectivity index (χ3v) is 4.78. The number of carbonyl (C=O) groups is 1. The SMILES string of the molecule is CSCCCNC1CCN(C(=O)c2ccc(Cl)cc2)CC1. The molecule has 0 aliphatic carbocycles. The van der Waals surface area contributed by atoms with Crippen molar-refractivity contribution >= 4 is 29.3 Å². The first-order valence-corrected chi connectivity index (χ1v) is 9.25. The molecule has 1 heterocycles. The highest BCUT2D eigenvalue weighted by Crippen LogP contribution is 2.16. The largest absolute Gasteiger partial charge is 0.339 e. The Labute approximate surface area is 136 Å². The van der Waals surface area contributed by atoms with Gasteiger partial charge in [0, 0.05) is 29.7 Å². The fourth-order valence-corrected chi connectivity index (χ4v) is 3.14. The number of thioether (sulfide) groups is 1. The second kappa shape index (κ2) is 8.66. The Morgan fingerprint density at radius 2 is 2.00 bits per heavy atom. The van der Waals surface area contributed by atoms with Crippen molar-refractivity contribution < 1.29 is 4.79 Å². The van der Waals surface area contributed by atoms with Gasteiger partial charge in [-0.15, -0.1) is 0 Å². The van der Waals surface area contributed by atoms with Crippen molar-refractivity contribution in [3.05, 3.63) is 34.9 Å². The number of halogens is 1. The van der Waals surface area contributed by atoms with Crippen LogP contribution in [0.5, 0.6) is 0 Å². The van der Waals surface area contributed by atoms with Crippen molar-refractivity contribution in [1.82, 2.24) is 10.2 Å². The molecule has 5 heteroatoms. The van der Waals surface area contributed by atoms with E-state index in [0.717, 1.165) is 38.0 Å². The molecule has 0 aromatic heterocycles. The number of likely N-dealkylation sites (tertiary alicyclic amines) is 1. The Balaban J connectivity index is 1.75. The number of nitrogens with zero attached hydrogens (tertiary/aromatic N) is 1. The third kappa shape index (κ3) is 5.20. The van der Waals surface area contributed by atoms with E-state index in [1.165, 1.54) is 12.2 Å². The van der Waals surface area contributed by atoms with E-state index in [2.05, 4.69) is 11.6 Å². The van der Waals surface area contributed by atoms with Gasteiger partial charge in [0.1, 0.15) is 0 Å². The second-order valence-electron chi connectivity index (χ2n) is 5.37. The predicted molar refractivity (Wildman–Crippen MR) is 91.4 cm³/mol. The van der Waals surface area contributed by atoms with Crippen LogP contribution in [0.4, 0.5) is 0 Å². The van der Waals surface area contributed by atoms with Crippen molar-refractivity contribution in [2.24, 2.45) is 0 Å². The van der Waals surface area contributed by atoms with Gasteiger partial charge in [0.15, 0.2) is 0 Å². The molecule has 1 amide bonds. The lowest BCUT2D eigenvalue weighted by Gasteiger charge is -2.32. The molecule has 3 nitrogen and oxygen atoms in total. The molecular weight excluding hydrogens is 304 g/mol. The van der Waals surface area contributed by atoms with Gasteiger partial charge in [-0.25, -0.2) is 0 Å². The Hall–Kier alpha value is -0.710. The first kappa shape index (κ1) is 16.7. The summed E-state index contributed by atoms with van der Waals surface area (Å²) in [6.07, 6.45) is 5.43. The van der Waals surface area contributed by atoms with Crippen molar-refractivity contribution in [2.45, 2.75) is 25.3 Å². The maximum absolute atomic E-state index is 12.4. The second-order valence-corrected chi connectivity index (χ2v) is 6.80. The highest BCUT2D eigenvalue weighted by atomic mass is 35.5. The number of rotatable bonds is 6. The van der Waals surface area contributed by atoms with Gasteiger partial charge in [0.2, 0.25) is 0 Å². The lowest BCUT2D eigenvalue weighted by atomic mass is 10.0. The Morgan fingerprint density at radius 1 is 1.33 bits per heavy atom. The van der Waals surface area contributed by atoms with E-state index in [4.69, 9.17) is 11.6 Å². The van der Waals surface area contributed by atoms with Gasteiger partial charge in [-0.05, 0) is 62.1 Å². The van der Waals surface area contributed by atoms with Gasteiger partial charge in [0.05, 0.1) is 0 Å². The molecule has 1 aliphatic heterocycles. The summed E-state index contributed by atoms with van der Waals surface area (Å²) in [4.78, 5) is 14.3. The van der Waals surface area contributed by atoms with Gasteiger partial charge in [-0.2, -0.15) is 11.8 Å². The van der Waals surface area contributed by atoms with E-state index in [1.807, 2.05) is 16.7 Å². The molecule has 1 N–H and O–H groups in total. The smallest absolute Gasteiger partial charge is 0.253 e. The van der Waals surface area contributed by atoms with Crippen LogP contribution in [0.15, 0.2) is 24.3 Å². The number of amides is 1.